The van der Waals surface area contributed by atoms with Crippen LogP contribution in [0.25, 0.3) is 0 Å². The van der Waals surface area contributed by atoms with Crippen molar-refractivity contribution >= 4 is 27.3 Å². The van der Waals surface area contributed by atoms with E-state index in [0.717, 1.165) is 11.3 Å². The minimum Gasteiger partial charge on any atom is -0.352 e. The first-order valence-corrected chi connectivity index (χ1v) is 8.76. The summed E-state index contributed by atoms with van der Waals surface area (Å²) in [5, 5.41) is 9.48. The maximum atomic E-state index is 12.1. The summed E-state index contributed by atoms with van der Waals surface area (Å²) < 4.78 is 22.7. The average Bonchev–Trinajstić information content (AvgIpc) is 2.65. The van der Waals surface area contributed by atoms with Crippen LogP contribution in [0.4, 0.5) is 0 Å². The number of primary sulfonamides is 1. The van der Waals surface area contributed by atoms with Crippen molar-refractivity contribution in [3.8, 4) is 0 Å². The predicted molar refractivity (Wildman–Crippen MR) is 81.4 cm³/mol. The van der Waals surface area contributed by atoms with E-state index in [1.165, 1.54) is 5.38 Å². The van der Waals surface area contributed by atoms with Gasteiger partial charge in [-0.15, -0.1) is 11.3 Å². The Balaban J connectivity index is 2.83. The highest BCUT2D eigenvalue weighted by Gasteiger charge is 2.23. The Hall–Kier alpha value is -0.920. The fourth-order valence-electron chi connectivity index (χ4n) is 1.55. The molecule has 1 heterocycles. The van der Waals surface area contributed by atoms with E-state index in [1.807, 2.05) is 0 Å². The summed E-state index contributed by atoms with van der Waals surface area (Å²) in [7, 11) is -3.76. The smallest absolute Gasteiger partial charge is 0.252 e. The van der Waals surface area contributed by atoms with Gasteiger partial charge in [0, 0.05) is 11.9 Å². The molecular weight excluding hydrogens is 296 g/mol. The van der Waals surface area contributed by atoms with Gasteiger partial charge >= 0.3 is 0 Å². The zero-order valence-corrected chi connectivity index (χ0v) is 14.1. The van der Waals surface area contributed by atoms with Crippen LogP contribution < -0.4 is 10.5 Å². The molecule has 1 atom stereocenters. The highest BCUT2D eigenvalue weighted by molar-refractivity contribution is 7.91. The number of nitrogens with two attached hydrogens (primary N) is 1. The number of carbonyl (C=O) groups excluding carboxylic acids is 1. The van der Waals surface area contributed by atoms with Gasteiger partial charge in [0.2, 0.25) is 10.0 Å². The van der Waals surface area contributed by atoms with Crippen LogP contribution >= 0.6 is 11.3 Å². The molecule has 20 heavy (non-hydrogen) atoms. The van der Waals surface area contributed by atoms with Crippen LogP contribution in [-0.2, 0) is 10.0 Å². The Kier molecular flexibility index (Phi) is 4.99. The van der Waals surface area contributed by atoms with Crippen LogP contribution in [0.2, 0.25) is 0 Å². The standard InChI is InChI=1S/C13H22N2O3S2/c1-8(13(3,4)5)6-15-11(16)10-7-19-12(9(10)2)20(14,17)18/h7-8H,6H2,1-5H3,(H,15,16)(H2,14,17,18). The first-order valence-electron chi connectivity index (χ1n) is 6.33. The Labute approximate surface area is 124 Å². The zero-order valence-electron chi connectivity index (χ0n) is 12.5. The Morgan fingerprint density at radius 2 is 2.00 bits per heavy atom. The Bertz CT molecular complexity index is 598. The van der Waals surface area contributed by atoms with Gasteiger partial charge in [0.25, 0.3) is 5.91 Å². The number of rotatable bonds is 4. The van der Waals surface area contributed by atoms with E-state index < -0.39 is 10.0 Å². The third-order valence-electron chi connectivity index (χ3n) is 3.54. The molecule has 0 saturated carbocycles. The molecule has 114 valence electrons. The molecule has 0 aliphatic carbocycles. The van der Waals surface area contributed by atoms with E-state index in [9.17, 15) is 13.2 Å². The molecule has 0 fully saturated rings. The molecule has 1 unspecified atom stereocenters. The van der Waals surface area contributed by atoms with Crippen LogP contribution in [0.3, 0.4) is 0 Å². The van der Waals surface area contributed by atoms with Crippen molar-refractivity contribution < 1.29 is 13.2 Å². The molecule has 0 aliphatic rings. The summed E-state index contributed by atoms with van der Waals surface area (Å²) in [5.74, 6) is 0.0489. The summed E-state index contributed by atoms with van der Waals surface area (Å²) in [4.78, 5) is 12.1. The second-order valence-corrected chi connectivity index (χ2v) is 8.72. The molecule has 0 aromatic carbocycles. The molecule has 0 spiro atoms. The minimum atomic E-state index is -3.76. The normalized spacial score (nSPS) is 14.1. The second-order valence-electron chi connectivity index (χ2n) is 6.08. The SMILES string of the molecule is Cc1c(C(=O)NCC(C)C(C)(C)C)csc1S(N)(=O)=O. The lowest BCUT2D eigenvalue weighted by molar-refractivity contribution is 0.0937. The van der Waals surface area contributed by atoms with Gasteiger partial charge in [0.1, 0.15) is 4.21 Å². The lowest BCUT2D eigenvalue weighted by Crippen LogP contribution is -2.33. The van der Waals surface area contributed by atoms with Crippen molar-refractivity contribution in [2.45, 2.75) is 38.8 Å². The summed E-state index contributed by atoms with van der Waals surface area (Å²) in [6.45, 7) is 10.5. The topological polar surface area (TPSA) is 89.3 Å². The van der Waals surface area contributed by atoms with Gasteiger partial charge < -0.3 is 5.32 Å². The van der Waals surface area contributed by atoms with E-state index in [-0.39, 0.29) is 15.5 Å². The number of hydrogen-bond donors (Lipinski definition) is 2. The number of hydrogen-bond acceptors (Lipinski definition) is 4. The Morgan fingerprint density at radius 1 is 1.45 bits per heavy atom. The van der Waals surface area contributed by atoms with Gasteiger partial charge in [0.05, 0.1) is 5.56 Å². The molecule has 0 saturated heterocycles. The molecule has 5 nitrogen and oxygen atoms in total. The maximum Gasteiger partial charge on any atom is 0.252 e. The number of amides is 1. The van der Waals surface area contributed by atoms with Crippen molar-refractivity contribution in [2.24, 2.45) is 16.5 Å². The lowest BCUT2D eigenvalue weighted by Gasteiger charge is -2.27. The molecule has 0 bridgehead atoms. The molecule has 0 aliphatic heterocycles. The number of carbonyl (C=O) groups is 1. The molecule has 1 aromatic heterocycles. The van der Waals surface area contributed by atoms with Crippen LogP contribution in [0.1, 0.15) is 43.6 Å². The number of nitrogens with one attached hydrogen (secondary N) is 1. The average molecular weight is 318 g/mol. The van der Waals surface area contributed by atoms with Crippen molar-refractivity contribution in [1.29, 1.82) is 0 Å². The van der Waals surface area contributed by atoms with Crippen molar-refractivity contribution in [2.75, 3.05) is 6.54 Å². The fourth-order valence-corrected chi connectivity index (χ4v) is 3.56. The fraction of sp³-hybridized carbons (Fsp3) is 0.615. The zero-order chi connectivity index (χ0) is 15.7. The monoisotopic (exact) mass is 318 g/mol. The first kappa shape index (κ1) is 17.1. The van der Waals surface area contributed by atoms with Gasteiger partial charge in [-0.2, -0.15) is 0 Å². The summed E-state index contributed by atoms with van der Waals surface area (Å²) in [5.41, 5.74) is 0.890. The minimum absolute atomic E-state index is 0.0477. The van der Waals surface area contributed by atoms with Gasteiger partial charge in [-0.1, -0.05) is 27.7 Å². The van der Waals surface area contributed by atoms with Crippen LogP contribution in [0.5, 0.6) is 0 Å². The number of thiophene rings is 1. The molecule has 1 aromatic rings. The van der Waals surface area contributed by atoms with E-state index in [0.29, 0.717) is 23.6 Å². The first-order chi connectivity index (χ1) is 8.94. The highest BCUT2D eigenvalue weighted by atomic mass is 32.2. The molecule has 7 heteroatoms. The molecule has 0 radical (unpaired) electrons. The second kappa shape index (κ2) is 5.83. The predicted octanol–water partition coefficient (Wildman–Crippen LogP) is 2.12. The molecule has 1 amide bonds. The third-order valence-corrected chi connectivity index (χ3v) is 6.23. The quantitative estimate of drug-likeness (QED) is 0.891. The van der Waals surface area contributed by atoms with Crippen molar-refractivity contribution in [3.05, 3.63) is 16.5 Å². The van der Waals surface area contributed by atoms with Gasteiger partial charge in [-0.05, 0) is 23.8 Å². The van der Waals surface area contributed by atoms with Gasteiger partial charge in [-0.25, -0.2) is 13.6 Å². The van der Waals surface area contributed by atoms with E-state index in [1.54, 1.807) is 6.92 Å². The van der Waals surface area contributed by atoms with Crippen molar-refractivity contribution in [3.63, 3.8) is 0 Å². The van der Waals surface area contributed by atoms with Gasteiger partial charge in [-0.3, -0.25) is 4.79 Å². The summed E-state index contributed by atoms with van der Waals surface area (Å²) >= 11 is 0.977. The maximum absolute atomic E-state index is 12.1. The van der Waals surface area contributed by atoms with Crippen LogP contribution in [0, 0.1) is 18.3 Å². The third kappa shape index (κ3) is 4.04. The number of sulfonamides is 1. The molecule has 1 rings (SSSR count). The van der Waals surface area contributed by atoms with Crippen LogP contribution in [0.15, 0.2) is 9.59 Å². The van der Waals surface area contributed by atoms with Crippen LogP contribution in [-0.4, -0.2) is 20.9 Å². The Morgan fingerprint density at radius 3 is 2.40 bits per heavy atom. The van der Waals surface area contributed by atoms with Gasteiger partial charge in [0.15, 0.2) is 0 Å². The van der Waals surface area contributed by atoms with Crippen molar-refractivity contribution in [1.82, 2.24) is 5.32 Å². The van der Waals surface area contributed by atoms with E-state index in [4.69, 9.17) is 5.14 Å². The lowest BCUT2D eigenvalue weighted by atomic mass is 9.82. The molecular formula is C13H22N2O3S2. The molecule has 3 N–H and O–H groups in total. The van der Waals surface area contributed by atoms with E-state index >= 15 is 0 Å². The summed E-state index contributed by atoms with van der Waals surface area (Å²) in [6.07, 6.45) is 0. The highest BCUT2D eigenvalue weighted by Crippen LogP contribution is 2.26. The largest absolute Gasteiger partial charge is 0.352 e. The van der Waals surface area contributed by atoms with E-state index in [2.05, 4.69) is 33.0 Å². The summed E-state index contributed by atoms with van der Waals surface area (Å²) in [6, 6.07) is 0.